The Labute approximate surface area is 106 Å². The molecule has 2 rings (SSSR count). The SMILES string of the molecule is CNc1cc(SCc2ccccc2)nc(C)n1. The first-order valence-corrected chi connectivity index (χ1v) is 6.46. The van der Waals surface area contributed by atoms with Crippen molar-refractivity contribution in [2.24, 2.45) is 0 Å². The maximum absolute atomic E-state index is 4.41. The van der Waals surface area contributed by atoms with E-state index < -0.39 is 0 Å². The average Bonchev–Trinajstić information content (AvgIpc) is 2.37. The molecule has 0 aliphatic heterocycles. The van der Waals surface area contributed by atoms with Crippen LogP contribution in [-0.2, 0) is 5.75 Å². The fourth-order valence-corrected chi connectivity index (χ4v) is 2.37. The van der Waals surface area contributed by atoms with E-state index in [0.29, 0.717) is 0 Å². The molecule has 0 aliphatic rings. The lowest BCUT2D eigenvalue weighted by Crippen LogP contribution is -1.97. The van der Waals surface area contributed by atoms with Crippen molar-refractivity contribution in [3.8, 4) is 0 Å². The first-order valence-electron chi connectivity index (χ1n) is 5.48. The second-order valence-corrected chi connectivity index (χ2v) is 4.66. The molecule has 1 aromatic heterocycles. The highest BCUT2D eigenvalue weighted by Crippen LogP contribution is 2.22. The number of aryl methyl sites for hydroxylation is 1. The molecule has 0 atom stereocenters. The summed E-state index contributed by atoms with van der Waals surface area (Å²) in [6.07, 6.45) is 0. The smallest absolute Gasteiger partial charge is 0.130 e. The number of anilines is 1. The van der Waals surface area contributed by atoms with E-state index in [-0.39, 0.29) is 0 Å². The summed E-state index contributed by atoms with van der Waals surface area (Å²) < 4.78 is 0. The fourth-order valence-electron chi connectivity index (χ4n) is 1.47. The van der Waals surface area contributed by atoms with E-state index in [9.17, 15) is 0 Å². The van der Waals surface area contributed by atoms with E-state index in [1.54, 1.807) is 11.8 Å². The van der Waals surface area contributed by atoms with Gasteiger partial charge in [0.25, 0.3) is 0 Å². The van der Waals surface area contributed by atoms with Crippen molar-refractivity contribution in [1.29, 1.82) is 0 Å². The van der Waals surface area contributed by atoms with Crippen LogP contribution in [0.1, 0.15) is 11.4 Å². The first-order chi connectivity index (χ1) is 8.28. The Morgan fingerprint density at radius 2 is 1.94 bits per heavy atom. The predicted molar refractivity (Wildman–Crippen MR) is 72.3 cm³/mol. The predicted octanol–water partition coefficient (Wildman–Crippen LogP) is 3.12. The number of hydrogen-bond donors (Lipinski definition) is 1. The third-order valence-corrected chi connectivity index (χ3v) is 3.28. The Balaban J connectivity index is 2.06. The number of hydrogen-bond acceptors (Lipinski definition) is 4. The minimum atomic E-state index is 0.799. The maximum Gasteiger partial charge on any atom is 0.130 e. The van der Waals surface area contributed by atoms with Gasteiger partial charge in [-0.1, -0.05) is 30.3 Å². The Morgan fingerprint density at radius 1 is 1.18 bits per heavy atom. The zero-order valence-corrected chi connectivity index (χ0v) is 10.8. The zero-order valence-electron chi connectivity index (χ0n) is 9.97. The van der Waals surface area contributed by atoms with Crippen molar-refractivity contribution >= 4 is 17.6 Å². The van der Waals surface area contributed by atoms with Crippen LogP contribution < -0.4 is 5.32 Å². The van der Waals surface area contributed by atoms with E-state index in [1.165, 1.54) is 5.56 Å². The van der Waals surface area contributed by atoms with Crippen LogP contribution in [-0.4, -0.2) is 17.0 Å². The molecular weight excluding hydrogens is 230 g/mol. The van der Waals surface area contributed by atoms with Crippen LogP contribution in [0.25, 0.3) is 0 Å². The van der Waals surface area contributed by atoms with Crippen molar-refractivity contribution in [2.75, 3.05) is 12.4 Å². The van der Waals surface area contributed by atoms with Gasteiger partial charge in [0, 0.05) is 18.9 Å². The first kappa shape index (κ1) is 11.9. The van der Waals surface area contributed by atoms with Gasteiger partial charge in [-0.2, -0.15) is 0 Å². The molecule has 0 fully saturated rings. The van der Waals surface area contributed by atoms with Crippen LogP contribution in [0.4, 0.5) is 5.82 Å². The van der Waals surface area contributed by atoms with Crippen LogP contribution in [0.2, 0.25) is 0 Å². The van der Waals surface area contributed by atoms with Crippen molar-refractivity contribution in [2.45, 2.75) is 17.7 Å². The number of nitrogens with one attached hydrogen (secondary N) is 1. The highest BCUT2D eigenvalue weighted by Gasteiger charge is 2.01. The number of nitrogens with zero attached hydrogens (tertiary/aromatic N) is 2. The molecule has 88 valence electrons. The van der Waals surface area contributed by atoms with Gasteiger partial charge in [0.1, 0.15) is 16.7 Å². The van der Waals surface area contributed by atoms with Crippen molar-refractivity contribution < 1.29 is 0 Å². The minimum Gasteiger partial charge on any atom is -0.373 e. The van der Waals surface area contributed by atoms with Gasteiger partial charge < -0.3 is 5.32 Å². The van der Waals surface area contributed by atoms with Crippen LogP contribution in [0.3, 0.4) is 0 Å². The topological polar surface area (TPSA) is 37.8 Å². The summed E-state index contributed by atoms with van der Waals surface area (Å²) in [4.78, 5) is 8.68. The molecule has 0 unspecified atom stereocenters. The maximum atomic E-state index is 4.41. The minimum absolute atomic E-state index is 0.799. The average molecular weight is 245 g/mol. The second-order valence-electron chi connectivity index (χ2n) is 3.66. The summed E-state index contributed by atoms with van der Waals surface area (Å²) >= 11 is 1.73. The number of rotatable bonds is 4. The van der Waals surface area contributed by atoms with Crippen LogP contribution in [0.5, 0.6) is 0 Å². The molecule has 0 spiro atoms. The standard InChI is InChI=1S/C13H15N3S/c1-10-15-12(14-2)8-13(16-10)17-9-11-6-4-3-5-7-11/h3-8H,9H2,1-2H3,(H,14,15,16). The summed E-state index contributed by atoms with van der Waals surface area (Å²) in [6.45, 7) is 1.91. The molecule has 0 bridgehead atoms. The van der Waals surface area contributed by atoms with Gasteiger partial charge in [0.2, 0.25) is 0 Å². The summed E-state index contributed by atoms with van der Waals surface area (Å²) in [5, 5.41) is 4.05. The Kier molecular flexibility index (Phi) is 3.98. The summed E-state index contributed by atoms with van der Waals surface area (Å²) in [5.74, 6) is 2.60. The van der Waals surface area contributed by atoms with Crippen LogP contribution in [0, 0.1) is 6.92 Å². The summed E-state index contributed by atoms with van der Waals surface area (Å²) in [7, 11) is 1.87. The molecule has 3 nitrogen and oxygen atoms in total. The van der Waals surface area contributed by atoms with Gasteiger partial charge in [-0.25, -0.2) is 9.97 Å². The molecule has 0 amide bonds. The zero-order chi connectivity index (χ0) is 12.1. The third-order valence-electron chi connectivity index (χ3n) is 2.30. The largest absolute Gasteiger partial charge is 0.373 e. The van der Waals surface area contributed by atoms with Crippen LogP contribution in [0.15, 0.2) is 41.4 Å². The van der Waals surface area contributed by atoms with Gasteiger partial charge >= 0.3 is 0 Å². The lowest BCUT2D eigenvalue weighted by Gasteiger charge is -2.05. The summed E-state index contributed by atoms with van der Waals surface area (Å²) in [5.41, 5.74) is 1.31. The molecule has 2 aromatic rings. The van der Waals surface area contributed by atoms with Gasteiger partial charge in [-0.05, 0) is 12.5 Å². The van der Waals surface area contributed by atoms with E-state index in [0.717, 1.165) is 22.4 Å². The van der Waals surface area contributed by atoms with E-state index in [4.69, 9.17) is 0 Å². The third kappa shape index (κ3) is 3.46. The summed E-state index contributed by atoms with van der Waals surface area (Å²) in [6, 6.07) is 12.4. The van der Waals surface area contributed by atoms with Crippen molar-refractivity contribution in [3.05, 3.63) is 47.8 Å². The quantitative estimate of drug-likeness (QED) is 0.663. The molecule has 0 saturated heterocycles. The Morgan fingerprint density at radius 3 is 2.65 bits per heavy atom. The molecule has 1 heterocycles. The monoisotopic (exact) mass is 245 g/mol. The van der Waals surface area contributed by atoms with Gasteiger partial charge in [-0.15, -0.1) is 11.8 Å². The van der Waals surface area contributed by atoms with E-state index >= 15 is 0 Å². The van der Waals surface area contributed by atoms with Gasteiger partial charge in [-0.3, -0.25) is 0 Å². The highest BCUT2D eigenvalue weighted by atomic mass is 32.2. The molecular formula is C13H15N3S. The molecule has 0 radical (unpaired) electrons. The molecule has 1 aromatic carbocycles. The Bertz CT molecular complexity index is 485. The van der Waals surface area contributed by atoms with E-state index in [1.807, 2.05) is 26.1 Å². The lowest BCUT2D eigenvalue weighted by molar-refractivity contribution is 0.969. The molecule has 1 N–H and O–H groups in total. The molecule has 0 aliphatic carbocycles. The number of benzene rings is 1. The Hall–Kier alpha value is -1.55. The second kappa shape index (κ2) is 5.68. The fraction of sp³-hybridized carbons (Fsp3) is 0.231. The molecule has 17 heavy (non-hydrogen) atoms. The number of thioether (sulfide) groups is 1. The van der Waals surface area contributed by atoms with Crippen LogP contribution >= 0.6 is 11.8 Å². The normalized spacial score (nSPS) is 10.2. The molecule has 0 saturated carbocycles. The lowest BCUT2D eigenvalue weighted by atomic mass is 10.2. The van der Waals surface area contributed by atoms with Crippen molar-refractivity contribution in [1.82, 2.24) is 9.97 Å². The van der Waals surface area contributed by atoms with E-state index in [2.05, 4.69) is 39.6 Å². The van der Waals surface area contributed by atoms with Gasteiger partial charge in [0.15, 0.2) is 0 Å². The number of aromatic nitrogens is 2. The van der Waals surface area contributed by atoms with Crippen molar-refractivity contribution in [3.63, 3.8) is 0 Å². The van der Waals surface area contributed by atoms with Gasteiger partial charge in [0.05, 0.1) is 0 Å². The highest BCUT2D eigenvalue weighted by molar-refractivity contribution is 7.98. The molecule has 4 heteroatoms.